The van der Waals surface area contributed by atoms with Crippen molar-refractivity contribution in [3.63, 3.8) is 0 Å². The SMILES string of the molecule is Cc1c(C(=O)O)sc2nc(-c3ccccc3)n(CCCC(=O)O)c(=O)c12. The normalized spacial score (nSPS) is 11.0. The molecule has 7 nitrogen and oxygen atoms in total. The third-order valence-corrected chi connectivity index (χ3v) is 5.22. The van der Waals surface area contributed by atoms with Crippen LogP contribution in [0.25, 0.3) is 21.6 Å². The number of hydrogen-bond donors (Lipinski definition) is 2. The van der Waals surface area contributed by atoms with Crippen LogP contribution in [0.5, 0.6) is 0 Å². The van der Waals surface area contributed by atoms with Gasteiger partial charge in [0.15, 0.2) is 0 Å². The number of carboxylic acids is 2. The fourth-order valence-electron chi connectivity index (χ4n) is 2.82. The number of carboxylic acid groups (broad SMARTS) is 2. The summed E-state index contributed by atoms with van der Waals surface area (Å²) in [6, 6.07) is 9.08. The summed E-state index contributed by atoms with van der Waals surface area (Å²) in [7, 11) is 0. The second-order valence-electron chi connectivity index (χ2n) is 5.80. The molecule has 3 rings (SSSR count). The van der Waals surface area contributed by atoms with Gasteiger partial charge in [0.2, 0.25) is 0 Å². The van der Waals surface area contributed by atoms with Crippen LogP contribution in [-0.2, 0) is 11.3 Å². The summed E-state index contributed by atoms with van der Waals surface area (Å²) >= 11 is 0.974. The number of benzene rings is 1. The average molecular weight is 372 g/mol. The first-order chi connectivity index (χ1) is 12.4. The molecule has 2 heterocycles. The van der Waals surface area contributed by atoms with Gasteiger partial charge in [-0.05, 0) is 18.9 Å². The van der Waals surface area contributed by atoms with Crippen molar-refractivity contribution in [2.24, 2.45) is 0 Å². The molecule has 0 amide bonds. The molecule has 0 aliphatic heterocycles. The van der Waals surface area contributed by atoms with E-state index in [0.717, 1.165) is 11.3 Å². The minimum Gasteiger partial charge on any atom is -0.481 e. The van der Waals surface area contributed by atoms with Crippen molar-refractivity contribution in [2.45, 2.75) is 26.3 Å². The van der Waals surface area contributed by atoms with E-state index in [1.165, 1.54) is 4.57 Å². The molecule has 0 spiro atoms. The third kappa shape index (κ3) is 3.23. The maximum atomic E-state index is 13.0. The van der Waals surface area contributed by atoms with E-state index in [0.29, 0.717) is 21.8 Å². The first kappa shape index (κ1) is 17.8. The molecule has 0 atom stereocenters. The molecule has 0 fully saturated rings. The Labute approximate surface area is 152 Å². The lowest BCUT2D eigenvalue weighted by molar-refractivity contribution is -0.137. The van der Waals surface area contributed by atoms with Gasteiger partial charge in [-0.1, -0.05) is 30.3 Å². The standard InChI is InChI=1S/C18H16N2O5S/c1-10-13-16(26-14(10)18(24)25)19-15(11-6-3-2-4-7-11)20(17(13)23)9-5-8-12(21)22/h2-4,6-7H,5,8-9H2,1H3,(H,21,22)(H,24,25). The third-order valence-electron chi connectivity index (χ3n) is 4.05. The van der Waals surface area contributed by atoms with Crippen molar-refractivity contribution < 1.29 is 19.8 Å². The summed E-state index contributed by atoms with van der Waals surface area (Å²) < 4.78 is 1.44. The Hall–Kier alpha value is -3.00. The van der Waals surface area contributed by atoms with E-state index in [2.05, 4.69) is 4.98 Å². The second-order valence-corrected chi connectivity index (χ2v) is 6.80. The second kappa shape index (κ2) is 7.09. The monoisotopic (exact) mass is 372 g/mol. The first-order valence-electron chi connectivity index (χ1n) is 7.94. The highest BCUT2D eigenvalue weighted by Crippen LogP contribution is 2.29. The Morgan fingerprint density at radius 1 is 1.19 bits per heavy atom. The van der Waals surface area contributed by atoms with Crippen LogP contribution in [0.2, 0.25) is 0 Å². The topological polar surface area (TPSA) is 109 Å². The predicted octanol–water partition coefficient (Wildman–Crippen LogP) is 3.00. The maximum Gasteiger partial charge on any atom is 0.346 e. The van der Waals surface area contributed by atoms with Crippen molar-refractivity contribution in [1.29, 1.82) is 0 Å². The van der Waals surface area contributed by atoms with Gasteiger partial charge in [-0.2, -0.15) is 0 Å². The highest BCUT2D eigenvalue weighted by molar-refractivity contribution is 7.20. The van der Waals surface area contributed by atoms with Gasteiger partial charge in [0.05, 0.1) is 5.39 Å². The molecule has 3 aromatic rings. The predicted molar refractivity (Wildman–Crippen MR) is 97.9 cm³/mol. The summed E-state index contributed by atoms with van der Waals surface area (Å²) in [6.07, 6.45) is 0.207. The van der Waals surface area contributed by atoms with Crippen LogP contribution in [0.4, 0.5) is 0 Å². The number of aromatic carboxylic acids is 1. The Balaban J connectivity index is 2.24. The van der Waals surface area contributed by atoms with Gasteiger partial charge in [-0.3, -0.25) is 14.2 Å². The summed E-state index contributed by atoms with van der Waals surface area (Å²) in [5, 5.41) is 18.5. The highest BCUT2D eigenvalue weighted by atomic mass is 32.1. The smallest absolute Gasteiger partial charge is 0.346 e. The lowest BCUT2D eigenvalue weighted by Crippen LogP contribution is -2.24. The van der Waals surface area contributed by atoms with E-state index in [1.807, 2.05) is 18.2 Å². The van der Waals surface area contributed by atoms with Crippen LogP contribution < -0.4 is 5.56 Å². The molecule has 26 heavy (non-hydrogen) atoms. The molecular weight excluding hydrogens is 356 g/mol. The number of rotatable bonds is 6. The Bertz CT molecular complexity index is 1050. The van der Waals surface area contributed by atoms with E-state index in [-0.39, 0.29) is 35.2 Å². The summed E-state index contributed by atoms with van der Waals surface area (Å²) in [5.41, 5.74) is 0.756. The van der Waals surface area contributed by atoms with E-state index >= 15 is 0 Å². The fraction of sp³-hybridized carbons (Fsp3) is 0.222. The molecule has 0 bridgehead atoms. The molecule has 8 heteroatoms. The van der Waals surface area contributed by atoms with Crippen LogP contribution >= 0.6 is 11.3 Å². The van der Waals surface area contributed by atoms with Gasteiger partial charge in [0.1, 0.15) is 15.5 Å². The van der Waals surface area contributed by atoms with Gasteiger partial charge < -0.3 is 10.2 Å². The number of aryl methyl sites for hydroxylation is 1. The van der Waals surface area contributed by atoms with E-state index in [4.69, 9.17) is 5.11 Å². The number of nitrogens with zero attached hydrogens (tertiary/aromatic N) is 2. The fourth-order valence-corrected chi connectivity index (χ4v) is 3.83. The van der Waals surface area contributed by atoms with E-state index in [9.17, 15) is 19.5 Å². The van der Waals surface area contributed by atoms with Crippen LogP contribution in [-0.4, -0.2) is 31.7 Å². The van der Waals surface area contributed by atoms with Crippen LogP contribution in [0.3, 0.4) is 0 Å². The molecule has 0 aliphatic rings. The highest BCUT2D eigenvalue weighted by Gasteiger charge is 2.21. The minimum absolute atomic E-state index is 0.0678. The van der Waals surface area contributed by atoms with E-state index < -0.39 is 11.9 Å². The largest absolute Gasteiger partial charge is 0.481 e. The molecule has 0 unspecified atom stereocenters. The number of aliphatic carboxylic acids is 1. The van der Waals surface area contributed by atoms with Gasteiger partial charge >= 0.3 is 11.9 Å². The number of hydrogen-bond acceptors (Lipinski definition) is 5. The molecule has 0 radical (unpaired) electrons. The van der Waals surface area contributed by atoms with Crippen molar-refractivity contribution >= 4 is 33.5 Å². The lowest BCUT2D eigenvalue weighted by Gasteiger charge is -2.12. The molecule has 1 aromatic carbocycles. The maximum absolute atomic E-state index is 13.0. The molecule has 0 saturated carbocycles. The zero-order valence-electron chi connectivity index (χ0n) is 13.9. The number of fused-ring (bicyclic) bond motifs is 1. The van der Waals surface area contributed by atoms with Gasteiger partial charge in [0.25, 0.3) is 5.56 Å². The molecule has 2 aromatic heterocycles. The Morgan fingerprint density at radius 2 is 1.88 bits per heavy atom. The number of aromatic nitrogens is 2. The zero-order chi connectivity index (χ0) is 18.8. The lowest BCUT2D eigenvalue weighted by atomic mass is 10.1. The molecule has 0 saturated heterocycles. The van der Waals surface area contributed by atoms with Crippen molar-refractivity contribution in [1.82, 2.24) is 9.55 Å². The van der Waals surface area contributed by atoms with Crippen molar-refractivity contribution in [3.05, 3.63) is 51.1 Å². The summed E-state index contributed by atoms with van der Waals surface area (Å²) in [4.78, 5) is 40.3. The van der Waals surface area contributed by atoms with Gasteiger partial charge in [0, 0.05) is 18.5 Å². The summed E-state index contributed by atoms with van der Waals surface area (Å²) in [5.74, 6) is -1.62. The van der Waals surface area contributed by atoms with Gasteiger partial charge in [-0.15, -0.1) is 11.3 Å². The average Bonchev–Trinajstić information content (AvgIpc) is 2.94. The molecule has 0 aliphatic carbocycles. The Morgan fingerprint density at radius 3 is 2.50 bits per heavy atom. The quantitative estimate of drug-likeness (QED) is 0.688. The van der Waals surface area contributed by atoms with Crippen molar-refractivity contribution in [2.75, 3.05) is 0 Å². The van der Waals surface area contributed by atoms with Crippen molar-refractivity contribution in [3.8, 4) is 11.4 Å². The Kier molecular flexibility index (Phi) is 4.85. The van der Waals surface area contributed by atoms with Crippen LogP contribution in [0.1, 0.15) is 28.1 Å². The molecule has 134 valence electrons. The van der Waals surface area contributed by atoms with Gasteiger partial charge in [-0.25, -0.2) is 9.78 Å². The number of carbonyl (C=O) groups is 2. The summed E-state index contributed by atoms with van der Waals surface area (Å²) in [6.45, 7) is 1.78. The van der Waals surface area contributed by atoms with Crippen LogP contribution in [0.15, 0.2) is 35.1 Å². The zero-order valence-corrected chi connectivity index (χ0v) is 14.7. The first-order valence-corrected chi connectivity index (χ1v) is 8.76. The number of thiophene rings is 1. The minimum atomic E-state index is -1.09. The van der Waals surface area contributed by atoms with Crippen LogP contribution in [0, 0.1) is 6.92 Å². The molecule has 2 N–H and O–H groups in total. The van der Waals surface area contributed by atoms with E-state index in [1.54, 1.807) is 19.1 Å². The molecular formula is C18H16N2O5S.